The third-order valence-electron chi connectivity index (χ3n) is 1.91. The van der Waals surface area contributed by atoms with E-state index in [0.717, 1.165) is 4.88 Å². The summed E-state index contributed by atoms with van der Waals surface area (Å²) in [5, 5.41) is 10.3. The van der Waals surface area contributed by atoms with Crippen molar-refractivity contribution in [1.29, 1.82) is 0 Å². The van der Waals surface area contributed by atoms with E-state index in [1.54, 1.807) is 17.8 Å². The molecule has 0 aromatic carbocycles. The number of thiazole rings is 1. The zero-order valence-electron chi connectivity index (χ0n) is 7.91. The van der Waals surface area contributed by atoms with Crippen molar-refractivity contribution in [3.63, 3.8) is 0 Å². The minimum atomic E-state index is 0.354. The molecule has 7 nitrogen and oxygen atoms in total. The molecule has 0 atom stereocenters. The molecule has 16 heavy (non-hydrogen) atoms. The number of aromatic amines is 1. The molecule has 0 saturated heterocycles. The quantitative estimate of drug-likeness (QED) is 0.689. The van der Waals surface area contributed by atoms with Crippen molar-refractivity contribution in [2.45, 2.75) is 0 Å². The first-order chi connectivity index (χ1) is 7.83. The molecule has 0 fully saturated rings. The lowest BCUT2D eigenvalue weighted by Crippen LogP contribution is -1.81. The SMILES string of the molecule is Nc1cc(-c2nc(-c3cncs3)no2)[nH]n1. The van der Waals surface area contributed by atoms with E-state index >= 15 is 0 Å². The molecule has 3 rings (SSSR count). The average Bonchev–Trinajstić information content (AvgIpc) is 2.97. The molecule has 80 valence electrons. The second-order valence-corrected chi connectivity index (χ2v) is 3.88. The highest BCUT2D eigenvalue weighted by molar-refractivity contribution is 7.13. The standard InChI is InChI=1S/C8H6N6OS/c9-6-1-4(12-13-6)8-11-7(14-15-8)5-2-10-3-16-5/h1-3H,(H3,9,12,13). The molecule has 0 radical (unpaired) electrons. The van der Waals surface area contributed by atoms with Crippen LogP contribution in [0.5, 0.6) is 0 Å². The highest BCUT2D eigenvalue weighted by atomic mass is 32.1. The van der Waals surface area contributed by atoms with E-state index in [9.17, 15) is 0 Å². The van der Waals surface area contributed by atoms with E-state index in [0.29, 0.717) is 23.2 Å². The number of hydrogen-bond donors (Lipinski definition) is 2. The van der Waals surface area contributed by atoms with Crippen molar-refractivity contribution in [2.75, 3.05) is 5.73 Å². The highest BCUT2D eigenvalue weighted by Crippen LogP contribution is 2.23. The van der Waals surface area contributed by atoms with Gasteiger partial charge < -0.3 is 10.3 Å². The van der Waals surface area contributed by atoms with E-state index in [1.807, 2.05) is 0 Å². The Labute approximate surface area is 93.3 Å². The smallest absolute Gasteiger partial charge is 0.276 e. The Morgan fingerprint density at radius 1 is 1.44 bits per heavy atom. The van der Waals surface area contributed by atoms with Gasteiger partial charge in [0.1, 0.15) is 11.5 Å². The number of nitrogens with one attached hydrogen (secondary N) is 1. The lowest BCUT2D eigenvalue weighted by molar-refractivity contribution is 0.431. The lowest BCUT2D eigenvalue weighted by Gasteiger charge is -1.83. The van der Waals surface area contributed by atoms with Crippen LogP contribution >= 0.6 is 11.3 Å². The summed E-state index contributed by atoms with van der Waals surface area (Å²) in [6.07, 6.45) is 1.68. The van der Waals surface area contributed by atoms with Gasteiger partial charge in [-0.1, -0.05) is 5.16 Å². The maximum atomic E-state index is 5.48. The fraction of sp³-hybridized carbons (Fsp3) is 0. The molecule has 0 saturated carbocycles. The Bertz CT molecular complexity index is 598. The van der Waals surface area contributed by atoms with Crippen LogP contribution in [0.2, 0.25) is 0 Å². The molecule has 0 unspecified atom stereocenters. The molecule has 0 bridgehead atoms. The van der Waals surface area contributed by atoms with Gasteiger partial charge in [0.2, 0.25) is 5.82 Å². The lowest BCUT2D eigenvalue weighted by atomic mass is 10.4. The maximum absolute atomic E-state index is 5.48. The Morgan fingerprint density at radius 2 is 2.38 bits per heavy atom. The van der Waals surface area contributed by atoms with Crippen molar-refractivity contribution in [1.82, 2.24) is 25.3 Å². The Morgan fingerprint density at radius 3 is 3.06 bits per heavy atom. The third-order valence-corrected chi connectivity index (χ3v) is 2.68. The van der Waals surface area contributed by atoms with Crippen LogP contribution in [0.25, 0.3) is 22.3 Å². The fourth-order valence-corrected chi connectivity index (χ4v) is 1.75. The van der Waals surface area contributed by atoms with Gasteiger partial charge in [0.05, 0.1) is 10.4 Å². The van der Waals surface area contributed by atoms with Crippen LogP contribution in [-0.4, -0.2) is 25.3 Å². The number of nitrogens with two attached hydrogens (primary N) is 1. The van der Waals surface area contributed by atoms with Crippen LogP contribution in [0, 0.1) is 0 Å². The molecule has 0 amide bonds. The molecule has 0 aliphatic heterocycles. The first kappa shape index (κ1) is 9.04. The number of hydrogen-bond acceptors (Lipinski definition) is 7. The van der Waals surface area contributed by atoms with Gasteiger partial charge in [-0.2, -0.15) is 10.1 Å². The Balaban J connectivity index is 2.00. The van der Waals surface area contributed by atoms with Gasteiger partial charge in [-0.05, 0) is 0 Å². The maximum Gasteiger partial charge on any atom is 0.276 e. The second kappa shape index (κ2) is 3.42. The van der Waals surface area contributed by atoms with E-state index in [-0.39, 0.29) is 0 Å². The van der Waals surface area contributed by atoms with E-state index < -0.39 is 0 Å². The van der Waals surface area contributed by atoms with Crippen LogP contribution in [0.4, 0.5) is 5.82 Å². The molecule has 0 aliphatic rings. The predicted octanol–water partition coefficient (Wildman–Crippen LogP) is 1.17. The molecule has 8 heteroatoms. The number of nitrogens with zero attached hydrogens (tertiary/aromatic N) is 4. The van der Waals surface area contributed by atoms with E-state index in [1.165, 1.54) is 11.3 Å². The van der Waals surface area contributed by atoms with Crippen LogP contribution < -0.4 is 5.73 Å². The van der Waals surface area contributed by atoms with E-state index in [4.69, 9.17) is 10.3 Å². The third kappa shape index (κ3) is 1.44. The van der Waals surface area contributed by atoms with Crippen LogP contribution in [0.3, 0.4) is 0 Å². The minimum Gasteiger partial charge on any atom is -0.382 e. The molecule has 3 N–H and O–H groups in total. The van der Waals surface area contributed by atoms with Crippen LogP contribution in [-0.2, 0) is 0 Å². The normalized spacial score (nSPS) is 10.8. The van der Waals surface area contributed by atoms with Gasteiger partial charge in [0.15, 0.2) is 0 Å². The first-order valence-corrected chi connectivity index (χ1v) is 5.25. The largest absolute Gasteiger partial charge is 0.382 e. The molecular formula is C8H6N6OS. The summed E-state index contributed by atoms with van der Waals surface area (Å²) in [7, 11) is 0. The van der Waals surface area contributed by atoms with Crippen LogP contribution in [0.1, 0.15) is 0 Å². The van der Waals surface area contributed by atoms with Crippen molar-refractivity contribution < 1.29 is 4.52 Å². The second-order valence-electron chi connectivity index (χ2n) is 3.00. The molecular weight excluding hydrogens is 228 g/mol. The number of nitrogen functional groups attached to an aromatic ring is 1. The fourth-order valence-electron chi connectivity index (χ4n) is 1.21. The first-order valence-electron chi connectivity index (χ1n) is 4.37. The Kier molecular flexibility index (Phi) is 1.93. The minimum absolute atomic E-state index is 0.354. The molecule has 3 aromatic heterocycles. The van der Waals surface area contributed by atoms with E-state index in [2.05, 4.69) is 25.3 Å². The van der Waals surface area contributed by atoms with Crippen molar-refractivity contribution >= 4 is 17.2 Å². The summed E-state index contributed by atoms with van der Waals surface area (Å²) >= 11 is 1.44. The van der Waals surface area contributed by atoms with Gasteiger partial charge in [0.25, 0.3) is 5.89 Å². The summed E-state index contributed by atoms with van der Waals surface area (Å²) in [6, 6.07) is 1.63. The number of anilines is 1. The van der Waals surface area contributed by atoms with Gasteiger partial charge in [0, 0.05) is 12.3 Å². The van der Waals surface area contributed by atoms with Crippen molar-refractivity contribution in [3.05, 3.63) is 17.8 Å². The average molecular weight is 234 g/mol. The molecule has 3 aromatic rings. The molecule has 3 heterocycles. The summed E-state index contributed by atoms with van der Waals surface area (Å²) in [5.74, 6) is 1.24. The highest BCUT2D eigenvalue weighted by Gasteiger charge is 2.13. The number of H-pyrrole nitrogens is 1. The van der Waals surface area contributed by atoms with Crippen molar-refractivity contribution in [2.24, 2.45) is 0 Å². The van der Waals surface area contributed by atoms with Crippen LogP contribution in [0.15, 0.2) is 22.3 Å². The van der Waals surface area contributed by atoms with Gasteiger partial charge >= 0.3 is 0 Å². The monoisotopic (exact) mass is 234 g/mol. The number of rotatable bonds is 2. The van der Waals surface area contributed by atoms with Crippen molar-refractivity contribution in [3.8, 4) is 22.3 Å². The predicted molar refractivity (Wildman–Crippen MR) is 57.4 cm³/mol. The summed E-state index contributed by atoms with van der Waals surface area (Å²) in [5.41, 5.74) is 7.78. The van der Waals surface area contributed by atoms with Gasteiger partial charge in [-0.3, -0.25) is 10.1 Å². The zero-order valence-corrected chi connectivity index (χ0v) is 8.73. The van der Waals surface area contributed by atoms with Gasteiger partial charge in [-0.25, -0.2) is 0 Å². The molecule has 0 spiro atoms. The van der Waals surface area contributed by atoms with Gasteiger partial charge in [-0.15, -0.1) is 11.3 Å². The summed E-state index contributed by atoms with van der Waals surface area (Å²) in [6.45, 7) is 0. The summed E-state index contributed by atoms with van der Waals surface area (Å²) < 4.78 is 5.08. The Hall–Kier alpha value is -2.22. The zero-order chi connectivity index (χ0) is 11.0. The topological polar surface area (TPSA) is 107 Å². The number of aromatic nitrogens is 5. The summed E-state index contributed by atoms with van der Waals surface area (Å²) in [4.78, 5) is 8.99. The molecule has 0 aliphatic carbocycles.